The third kappa shape index (κ3) is 6.15. The molecular formula is C26H21N3O5S. The Kier molecular flexibility index (Phi) is 7.27. The van der Waals surface area contributed by atoms with Crippen LogP contribution >= 0.6 is 11.8 Å². The summed E-state index contributed by atoms with van der Waals surface area (Å²) in [5, 5.41) is 9.66. The van der Waals surface area contributed by atoms with Crippen LogP contribution in [0.4, 0.5) is 5.69 Å². The lowest BCUT2D eigenvalue weighted by Crippen LogP contribution is -2.28. The standard InChI is InChI=1S/C26H21N3O5S/c27-23(30)16-34-21-12-8-17(9-13-21)14-22-24(31)29(15-18-6-10-19(11-7-18)25(32)33)26(35-22)28-20-4-2-1-3-5-20/h1-14H,15-16H2,(H2,27,30)(H,32,33)/b22-14-,28-26?. The molecule has 9 heteroatoms. The molecule has 0 aromatic heterocycles. The molecule has 35 heavy (non-hydrogen) atoms. The number of thioether (sulfide) groups is 1. The second-order valence-corrected chi connectivity index (χ2v) is 8.57. The van der Waals surface area contributed by atoms with Crippen molar-refractivity contribution in [3.63, 3.8) is 0 Å². The Morgan fingerprint density at radius 2 is 1.69 bits per heavy atom. The highest BCUT2D eigenvalue weighted by atomic mass is 32.2. The highest BCUT2D eigenvalue weighted by Gasteiger charge is 2.33. The summed E-state index contributed by atoms with van der Waals surface area (Å²) in [5.74, 6) is -1.28. The zero-order chi connectivity index (χ0) is 24.8. The number of carboxylic acids is 1. The van der Waals surface area contributed by atoms with Crippen LogP contribution in [0.2, 0.25) is 0 Å². The highest BCUT2D eigenvalue weighted by Crippen LogP contribution is 2.35. The van der Waals surface area contributed by atoms with E-state index in [2.05, 4.69) is 4.99 Å². The fourth-order valence-electron chi connectivity index (χ4n) is 3.25. The highest BCUT2D eigenvalue weighted by molar-refractivity contribution is 8.18. The Balaban J connectivity index is 1.60. The number of carboxylic acid groups (broad SMARTS) is 1. The number of nitrogens with two attached hydrogens (primary N) is 1. The zero-order valence-electron chi connectivity index (χ0n) is 18.5. The molecule has 176 valence electrons. The molecule has 0 saturated carbocycles. The number of primary amides is 1. The number of nitrogens with zero attached hydrogens (tertiary/aromatic N) is 2. The van der Waals surface area contributed by atoms with Gasteiger partial charge in [0.1, 0.15) is 5.75 Å². The first-order valence-electron chi connectivity index (χ1n) is 10.6. The molecule has 1 aliphatic rings. The second-order valence-electron chi connectivity index (χ2n) is 7.56. The van der Waals surface area contributed by atoms with Crippen LogP contribution in [-0.4, -0.2) is 39.6 Å². The number of ether oxygens (including phenoxy) is 1. The molecule has 1 heterocycles. The van der Waals surface area contributed by atoms with Gasteiger partial charge in [0.15, 0.2) is 11.8 Å². The van der Waals surface area contributed by atoms with E-state index in [-0.39, 0.29) is 24.6 Å². The van der Waals surface area contributed by atoms with Gasteiger partial charge in [0, 0.05) is 0 Å². The summed E-state index contributed by atoms with van der Waals surface area (Å²) in [4.78, 5) is 42.1. The monoisotopic (exact) mass is 487 g/mol. The molecule has 3 aromatic rings. The van der Waals surface area contributed by atoms with Crippen LogP contribution < -0.4 is 10.5 Å². The van der Waals surface area contributed by atoms with Crippen LogP contribution in [0.15, 0.2) is 88.8 Å². The summed E-state index contributed by atoms with van der Waals surface area (Å²) < 4.78 is 5.27. The van der Waals surface area contributed by atoms with E-state index in [9.17, 15) is 14.4 Å². The van der Waals surface area contributed by atoms with Crippen LogP contribution in [0.25, 0.3) is 6.08 Å². The molecule has 0 bridgehead atoms. The number of aromatic carboxylic acids is 1. The first-order chi connectivity index (χ1) is 16.9. The van der Waals surface area contributed by atoms with Gasteiger partial charge in [0.2, 0.25) is 0 Å². The van der Waals surface area contributed by atoms with Crippen LogP contribution in [0, 0.1) is 0 Å². The Labute approximate surface area is 205 Å². The molecule has 0 aliphatic carbocycles. The molecular weight excluding hydrogens is 466 g/mol. The molecule has 1 aliphatic heterocycles. The van der Waals surface area contributed by atoms with Crippen molar-refractivity contribution in [3.05, 3.63) is 100 Å². The number of carbonyl (C=O) groups is 3. The number of hydrogen-bond acceptors (Lipinski definition) is 6. The number of benzene rings is 3. The molecule has 8 nitrogen and oxygen atoms in total. The second kappa shape index (κ2) is 10.7. The van der Waals surface area contributed by atoms with Crippen molar-refractivity contribution in [2.45, 2.75) is 6.54 Å². The lowest BCUT2D eigenvalue weighted by molar-refractivity contribution is -0.122. The van der Waals surface area contributed by atoms with Crippen LogP contribution in [0.5, 0.6) is 5.75 Å². The molecule has 3 aromatic carbocycles. The van der Waals surface area contributed by atoms with Gasteiger partial charge in [-0.25, -0.2) is 9.79 Å². The van der Waals surface area contributed by atoms with Gasteiger partial charge in [-0.3, -0.25) is 14.5 Å². The van der Waals surface area contributed by atoms with Crippen molar-refractivity contribution in [1.29, 1.82) is 0 Å². The van der Waals surface area contributed by atoms with Gasteiger partial charge >= 0.3 is 5.97 Å². The normalized spacial score (nSPS) is 15.5. The molecule has 1 fully saturated rings. The topological polar surface area (TPSA) is 122 Å². The third-order valence-corrected chi connectivity index (χ3v) is 5.98. The Bertz CT molecular complexity index is 1300. The lowest BCUT2D eigenvalue weighted by atomic mass is 10.1. The fourth-order valence-corrected chi connectivity index (χ4v) is 4.24. The Morgan fingerprint density at radius 3 is 2.31 bits per heavy atom. The van der Waals surface area contributed by atoms with Crippen molar-refractivity contribution in [2.75, 3.05) is 6.61 Å². The van der Waals surface area contributed by atoms with E-state index in [1.807, 2.05) is 30.3 Å². The Hall–Kier alpha value is -4.37. The van der Waals surface area contributed by atoms with E-state index in [1.54, 1.807) is 47.4 Å². The maximum atomic E-state index is 13.3. The molecule has 0 unspecified atom stereocenters. The third-order valence-electron chi connectivity index (χ3n) is 4.97. The Morgan fingerprint density at radius 1 is 1.00 bits per heavy atom. The molecule has 1 saturated heterocycles. The van der Waals surface area contributed by atoms with Crippen molar-refractivity contribution < 1.29 is 24.2 Å². The first kappa shape index (κ1) is 23.8. The number of amides is 2. The van der Waals surface area contributed by atoms with Crippen molar-refractivity contribution in [1.82, 2.24) is 4.90 Å². The van der Waals surface area contributed by atoms with Gasteiger partial charge in [-0.1, -0.05) is 42.5 Å². The first-order valence-corrected chi connectivity index (χ1v) is 11.4. The summed E-state index contributed by atoms with van der Waals surface area (Å²) in [5.41, 5.74) is 7.54. The summed E-state index contributed by atoms with van der Waals surface area (Å²) in [7, 11) is 0. The number of aliphatic imine (C=N–C) groups is 1. The van der Waals surface area contributed by atoms with Crippen LogP contribution in [0.1, 0.15) is 21.5 Å². The summed E-state index contributed by atoms with van der Waals surface area (Å²) >= 11 is 1.26. The van der Waals surface area contributed by atoms with E-state index >= 15 is 0 Å². The van der Waals surface area contributed by atoms with E-state index in [0.29, 0.717) is 21.5 Å². The number of para-hydroxylation sites is 1. The summed E-state index contributed by atoms with van der Waals surface area (Å²) in [6, 6.07) is 22.7. The predicted molar refractivity (Wildman–Crippen MR) is 134 cm³/mol. The van der Waals surface area contributed by atoms with E-state index in [0.717, 1.165) is 11.1 Å². The number of hydrogen-bond donors (Lipinski definition) is 2. The smallest absolute Gasteiger partial charge is 0.335 e. The van der Waals surface area contributed by atoms with Gasteiger partial charge in [-0.05, 0) is 65.4 Å². The van der Waals surface area contributed by atoms with E-state index in [4.69, 9.17) is 15.6 Å². The van der Waals surface area contributed by atoms with E-state index in [1.165, 1.54) is 23.9 Å². The minimum atomic E-state index is -1.01. The fraction of sp³-hybridized carbons (Fsp3) is 0.0769. The van der Waals surface area contributed by atoms with E-state index < -0.39 is 11.9 Å². The van der Waals surface area contributed by atoms with Crippen LogP contribution in [-0.2, 0) is 16.1 Å². The summed E-state index contributed by atoms with van der Waals surface area (Å²) in [6.07, 6.45) is 1.76. The average Bonchev–Trinajstić information content (AvgIpc) is 3.13. The van der Waals surface area contributed by atoms with Gasteiger partial charge in [0.05, 0.1) is 22.7 Å². The maximum Gasteiger partial charge on any atom is 0.335 e. The quantitative estimate of drug-likeness (QED) is 0.462. The number of rotatable bonds is 8. The molecule has 2 amide bonds. The molecule has 0 spiro atoms. The minimum Gasteiger partial charge on any atom is -0.484 e. The molecule has 0 atom stereocenters. The number of carbonyl (C=O) groups excluding carboxylic acids is 2. The predicted octanol–water partition coefficient (Wildman–Crippen LogP) is 4.05. The van der Waals surface area contributed by atoms with Crippen LogP contribution in [0.3, 0.4) is 0 Å². The SMILES string of the molecule is NC(=O)COc1ccc(/C=C2\SC(=Nc3ccccc3)N(Cc3ccc(C(=O)O)cc3)C2=O)cc1. The van der Waals surface area contributed by atoms with Crippen molar-refractivity contribution in [3.8, 4) is 5.75 Å². The van der Waals surface area contributed by atoms with Gasteiger partial charge in [0.25, 0.3) is 11.8 Å². The molecule has 0 radical (unpaired) electrons. The summed E-state index contributed by atoms with van der Waals surface area (Å²) in [6.45, 7) is 0.0329. The minimum absolute atomic E-state index is 0.179. The molecule has 3 N–H and O–H groups in total. The lowest BCUT2D eigenvalue weighted by Gasteiger charge is -2.16. The number of amidine groups is 1. The van der Waals surface area contributed by atoms with Gasteiger partial charge < -0.3 is 15.6 Å². The van der Waals surface area contributed by atoms with Crippen molar-refractivity contribution in [2.24, 2.45) is 10.7 Å². The zero-order valence-corrected chi connectivity index (χ0v) is 19.3. The van der Waals surface area contributed by atoms with Gasteiger partial charge in [-0.15, -0.1) is 0 Å². The largest absolute Gasteiger partial charge is 0.484 e. The average molecular weight is 488 g/mol. The van der Waals surface area contributed by atoms with Gasteiger partial charge in [-0.2, -0.15) is 0 Å². The molecule has 4 rings (SSSR count). The maximum absolute atomic E-state index is 13.3. The van der Waals surface area contributed by atoms with Crippen molar-refractivity contribution >= 4 is 46.5 Å².